The van der Waals surface area contributed by atoms with Crippen LogP contribution in [0.4, 0.5) is 0 Å². The Labute approximate surface area is 123 Å². The van der Waals surface area contributed by atoms with E-state index in [4.69, 9.17) is 0 Å². The van der Waals surface area contributed by atoms with Crippen LogP contribution in [0.25, 0.3) is 0 Å². The molecule has 0 spiro atoms. The van der Waals surface area contributed by atoms with E-state index in [1.807, 2.05) is 0 Å². The van der Waals surface area contributed by atoms with Crippen molar-refractivity contribution in [3.8, 4) is 0 Å². The van der Waals surface area contributed by atoms with Crippen molar-refractivity contribution in [3.05, 3.63) is 0 Å². The molecule has 4 heavy (non-hydrogen) atoms. The molecule has 20 valence electrons. The zero-order valence-electron chi connectivity index (χ0n) is 1.97. The van der Waals surface area contributed by atoms with Gasteiger partial charge in [-0.25, -0.2) is 0 Å². The summed E-state index contributed by atoms with van der Waals surface area (Å²) in [6.45, 7) is 0. The number of rotatable bonds is 0. The molecule has 0 nitrogen and oxygen atoms in total. The van der Waals surface area contributed by atoms with Crippen LogP contribution in [-0.2, 0) is 49.2 Å². The van der Waals surface area contributed by atoms with Crippen LogP contribution in [0.1, 0.15) is 0 Å². The van der Waals surface area contributed by atoms with E-state index in [2.05, 4.69) is 0 Å². The van der Waals surface area contributed by atoms with Gasteiger partial charge >= 0.3 is 0 Å². The van der Waals surface area contributed by atoms with Crippen LogP contribution in [0.5, 0.6) is 0 Å². The molecule has 0 atom stereocenters. The molecule has 0 N–H and O–H groups in total. The van der Waals surface area contributed by atoms with E-state index in [1.54, 1.807) is 0 Å². The smallest absolute Gasteiger partial charge is 0 e. The fourth-order valence-electron chi connectivity index (χ4n) is 0. The fraction of sp³-hybridized carbons (Fsp3) is 0. The second kappa shape index (κ2) is 15.7. The molecule has 0 fully saturated rings. The van der Waals surface area contributed by atoms with Gasteiger partial charge in [-0.2, -0.15) is 0 Å². The van der Waals surface area contributed by atoms with E-state index in [9.17, 15) is 0 Å². The van der Waals surface area contributed by atoms with E-state index < -0.39 is 0 Å². The van der Waals surface area contributed by atoms with Crippen LogP contribution in [0.15, 0.2) is 0 Å². The Morgan fingerprint density at radius 3 is 1.00 bits per heavy atom. The normalized spacial score (nSPS) is 0. The van der Waals surface area contributed by atoms with Crippen molar-refractivity contribution in [1.82, 2.24) is 0 Å². The molecular weight excluding hydrogens is 427 g/mol. The van der Waals surface area contributed by atoms with Crippen molar-refractivity contribution in [2.75, 3.05) is 0 Å². The average molecular weight is 427 g/mol. The molecule has 0 aliphatic carbocycles. The summed E-state index contributed by atoms with van der Waals surface area (Å²) in [6, 6.07) is 0. The molecule has 0 aliphatic heterocycles. The van der Waals surface area contributed by atoms with Crippen LogP contribution in [0.3, 0.4) is 0 Å². The van der Waals surface area contributed by atoms with E-state index >= 15 is 0 Å². The van der Waals surface area contributed by atoms with Gasteiger partial charge < -0.3 is 0 Å². The molecule has 0 saturated heterocycles. The predicted octanol–water partition coefficient (Wildman–Crippen LogP) is -0.00500. The first-order valence-electron chi connectivity index (χ1n) is 0. The summed E-state index contributed by atoms with van der Waals surface area (Å²) >= 11 is 0. The molecule has 2 radical (unpaired) electrons. The third-order valence-electron chi connectivity index (χ3n) is 0. The maximum absolute atomic E-state index is 0. The monoisotopic (exact) mass is 426 g/mol. The zero-order valence-corrected chi connectivity index (χ0v) is 12.6. The summed E-state index contributed by atoms with van der Waals surface area (Å²) in [5, 5.41) is 0. The van der Waals surface area contributed by atoms with Gasteiger partial charge in [0, 0.05) is 127 Å². The molecule has 0 saturated carbocycles. The van der Waals surface area contributed by atoms with Gasteiger partial charge in [-0.1, -0.05) is 0 Å². The third kappa shape index (κ3) is 9.48. The van der Waals surface area contributed by atoms with Crippen LogP contribution in [0.2, 0.25) is 0 Å². The maximum Gasteiger partial charge on any atom is 0 e. The molecule has 0 aromatic heterocycles. The molecule has 0 amide bonds. The molecular formula is CeLaNiY. The molecule has 4 heteroatoms. The van der Waals surface area contributed by atoms with Crippen LogP contribution >= 0.6 is 0 Å². The maximum atomic E-state index is 0. The Bertz CT molecular complexity index is 8.00. The summed E-state index contributed by atoms with van der Waals surface area (Å²) in [5.74, 6) is 0. The summed E-state index contributed by atoms with van der Waals surface area (Å²) in [7, 11) is 0. The minimum Gasteiger partial charge on any atom is 0 e. The Hall–Kier alpha value is 4.17. The van der Waals surface area contributed by atoms with Gasteiger partial charge in [-0.3, -0.25) is 0 Å². The molecule has 0 unspecified atom stereocenters. The Kier molecular flexibility index (Phi) is 94.8. The second-order valence-electron chi connectivity index (χ2n) is 0. The summed E-state index contributed by atoms with van der Waals surface area (Å²) < 4.78 is 0. The Morgan fingerprint density at radius 1 is 1.00 bits per heavy atom. The standard InChI is InChI=1S/Ce.La.Ni.Y. The van der Waals surface area contributed by atoms with Crippen molar-refractivity contribution in [2.45, 2.75) is 0 Å². The van der Waals surface area contributed by atoms with Gasteiger partial charge in [-0.05, 0) is 0 Å². The van der Waals surface area contributed by atoms with Crippen molar-refractivity contribution in [2.24, 2.45) is 0 Å². The third-order valence-corrected chi connectivity index (χ3v) is 0. The quantitative estimate of drug-likeness (QED) is 0.478. The Morgan fingerprint density at radius 2 is 1.00 bits per heavy atom. The van der Waals surface area contributed by atoms with Gasteiger partial charge in [0.2, 0.25) is 0 Å². The van der Waals surface area contributed by atoms with Gasteiger partial charge in [0.25, 0.3) is 0 Å². The van der Waals surface area contributed by atoms with Crippen molar-refractivity contribution in [3.63, 3.8) is 0 Å². The van der Waals surface area contributed by atoms with E-state index in [-0.39, 0.29) is 127 Å². The van der Waals surface area contributed by atoms with Gasteiger partial charge in [0.15, 0.2) is 0 Å². The minimum absolute atomic E-state index is 0. The van der Waals surface area contributed by atoms with Crippen LogP contribution in [-0.4, -0.2) is 0 Å². The molecule has 0 aliphatic rings. The SMILES string of the molecule is [Ce].[La].[Ni].[Y]. The van der Waals surface area contributed by atoms with E-state index in [0.717, 1.165) is 0 Å². The number of hydrogen-bond donors (Lipinski definition) is 0. The minimum atomic E-state index is 0. The Balaban J connectivity index is 0. The van der Waals surface area contributed by atoms with Crippen LogP contribution in [0, 0.1) is 77.3 Å². The first kappa shape index (κ1) is 24.2. The predicted molar refractivity (Wildman–Crippen MR) is 0 cm³/mol. The van der Waals surface area contributed by atoms with Crippen molar-refractivity contribution >= 4 is 0 Å². The van der Waals surface area contributed by atoms with Crippen molar-refractivity contribution < 1.29 is 127 Å². The van der Waals surface area contributed by atoms with Gasteiger partial charge in [0.05, 0.1) is 0 Å². The molecule has 0 rings (SSSR count). The van der Waals surface area contributed by atoms with E-state index in [0.29, 0.717) is 0 Å². The molecule has 0 aromatic carbocycles. The zero-order chi connectivity index (χ0) is 0. The van der Waals surface area contributed by atoms with Gasteiger partial charge in [0.1, 0.15) is 0 Å². The topological polar surface area (TPSA) is 0 Å². The number of hydrogen-bond acceptors (Lipinski definition) is 0. The summed E-state index contributed by atoms with van der Waals surface area (Å²) in [6.07, 6.45) is 0. The largest absolute Gasteiger partial charge is 0 e. The van der Waals surface area contributed by atoms with Crippen molar-refractivity contribution in [1.29, 1.82) is 0 Å². The molecule has 0 aromatic rings. The van der Waals surface area contributed by atoms with E-state index in [1.165, 1.54) is 0 Å². The summed E-state index contributed by atoms with van der Waals surface area (Å²) in [5.41, 5.74) is 0. The first-order chi connectivity index (χ1) is 0. The molecule has 0 heterocycles. The van der Waals surface area contributed by atoms with Gasteiger partial charge in [-0.15, -0.1) is 0 Å². The average Bonchev–Trinajstić information content (AvgIpc) is 0. The first-order valence-corrected chi connectivity index (χ1v) is 0. The molecule has 0 bridgehead atoms. The summed E-state index contributed by atoms with van der Waals surface area (Å²) in [4.78, 5) is 0. The second-order valence-corrected chi connectivity index (χ2v) is 0. The van der Waals surface area contributed by atoms with Crippen LogP contribution < -0.4 is 0 Å². The fourth-order valence-corrected chi connectivity index (χ4v) is 0.